The molecular formula is C15H12BrN3O2S. The molecule has 0 aliphatic heterocycles. The van der Waals surface area contributed by atoms with E-state index in [4.69, 9.17) is 4.42 Å². The molecule has 1 aromatic carbocycles. The van der Waals surface area contributed by atoms with Crippen LogP contribution in [-0.4, -0.2) is 15.7 Å². The highest BCUT2D eigenvalue weighted by Gasteiger charge is 2.11. The summed E-state index contributed by atoms with van der Waals surface area (Å²) in [6, 6.07) is 13.4. The molecule has 112 valence electrons. The molecule has 0 fully saturated rings. The highest BCUT2D eigenvalue weighted by molar-refractivity contribution is 9.10. The summed E-state index contributed by atoms with van der Waals surface area (Å²) in [7, 11) is 0. The SMILES string of the molecule is O=C(Nc1cnn(CSc2ccccc2)c1)c1ccc(Br)o1. The largest absolute Gasteiger partial charge is 0.444 e. The molecule has 0 saturated carbocycles. The van der Waals surface area contributed by atoms with Crippen molar-refractivity contribution in [3.63, 3.8) is 0 Å². The Balaban J connectivity index is 1.58. The average Bonchev–Trinajstić information content (AvgIpc) is 3.15. The maximum Gasteiger partial charge on any atom is 0.291 e. The molecule has 0 aliphatic carbocycles. The summed E-state index contributed by atoms with van der Waals surface area (Å²) < 4.78 is 7.49. The van der Waals surface area contributed by atoms with Gasteiger partial charge in [0.15, 0.2) is 10.4 Å². The van der Waals surface area contributed by atoms with E-state index >= 15 is 0 Å². The van der Waals surface area contributed by atoms with Crippen LogP contribution in [-0.2, 0) is 5.88 Å². The third kappa shape index (κ3) is 3.80. The van der Waals surface area contributed by atoms with E-state index in [1.54, 1.807) is 41.0 Å². The third-order valence-corrected chi connectivity index (χ3v) is 4.22. The summed E-state index contributed by atoms with van der Waals surface area (Å²) in [5, 5.41) is 6.97. The van der Waals surface area contributed by atoms with Crippen molar-refractivity contribution in [3.05, 3.63) is 65.3 Å². The molecule has 0 saturated heterocycles. The number of nitrogens with zero attached hydrogens (tertiary/aromatic N) is 2. The number of furan rings is 1. The zero-order valence-corrected chi connectivity index (χ0v) is 13.8. The van der Waals surface area contributed by atoms with Crippen LogP contribution in [0.25, 0.3) is 0 Å². The molecule has 1 amide bonds. The van der Waals surface area contributed by atoms with Gasteiger partial charge in [-0.05, 0) is 40.2 Å². The second-order valence-corrected chi connectivity index (χ2v) is 6.21. The number of amides is 1. The van der Waals surface area contributed by atoms with Crippen molar-refractivity contribution >= 4 is 39.3 Å². The minimum absolute atomic E-state index is 0.248. The number of anilines is 1. The fourth-order valence-electron chi connectivity index (χ4n) is 1.79. The number of halogens is 1. The predicted octanol–water partition coefficient (Wildman–Crippen LogP) is 4.24. The summed E-state index contributed by atoms with van der Waals surface area (Å²) in [4.78, 5) is 13.1. The lowest BCUT2D eigenvalue weighted by atomic mass is 10.4. The van der Waals surface area contributed by atoms with Crippen LogP contribution in [0, 0.1) is 0 Å². The lowest BCUT2D eigenvalue weighted by Crippen LogP contribution is -2.10. The zero-order valence-electron chi connectivity index (χ0n) is 11.4. The van der Waals surface area contributed by atoms with Crippen molar-refractivity contribution in [1.82, 2.24) is 9.78 Å². The highest BCUT2D eigenvalue weighted by Crippen LogP contribution is 2.20. The topological polar surface area (TPSA) is 60.1 Å². The average molecular weight is 378 g/mol. The van der Waals surface area contributed by atoms with Gasteiger partial charge in [0.25, 0.3) is 5.91 Å². The first-order valence-corrected chi connectivity index (χ1v) is 8.25. The van der Waals surface area contributed by atoms with Crippen LogP contribution in [0.1, 0.15) is 10.6 Å². The molecule has 0 aliphatic rings. The summed E-state index contributed by atoms with van der Waals surface area (Å²) >= 11 is 4.84. The quantitative estimate of drug-likeness (QED) is 0.675. The van der Waals surface area contributed by atoms with Gasteiger partial charge in [0.1, 0.15) is 0 Å². The van der Waals surface area contributed by atoms with Crippen LogP contribution in [0.5, 0.6) is 0 Å². The Morgan fingerprint density at radius 3 is 2.82 bits per heavy atom. The van der Waals surface area contributed by atoms with Gasteiger partial charge in [-0.1, -0.05) is 18.2 Å². The van der Waals surface area contributed by atoms with Crippen molar-refractivity contribution < 1.29 is 9.21 Å². The molecule has 0 unspecified atom stereocenters. The first-order valence-electron chi connectivity index (χ1n) is 6.48. The van der Waals surface area contributed by atoms with Gasteiger partial charge in [-0.25, -0.2) is 0 Å². The molecule has 0 radical (unpaired) electrons. The monoisotopic (exact) mass is 377 g/mol. The van der Waals surface area contributed by atoms with Gasteiger partial charge in [0.2, 0.25) is 0 Å². The molecule has 2 aromatic heterocycles. The van der Waals surface area contributed by atoms with Crippen LogP contribution < -0.4 is 5.32 Å². The van der Waals surface area contributed by atoms with E-state index in [-0.39, 0.29) is 11.7 Å². The molecule has 3 rings (SSSR count). The van der Waals surface area contributed by atoms with E-state index in [9.17, 15) is 4.79 Å². The number of nitrogens with one attached hydrogen (secondary N) is 1. The van der Waals surface area contributed by atoms with Gasteiger partial charge in [-0.15, -0.1) is 11.8 Å². The first-order chi connectivity index (χ1) is 10.7. The number of hydrogen-bond acceptors (Lipinski definition) is 4. The molecular weight excluding hydrogens is 366 g/mol. The Bertz CT molecular complexity index is 770. The molecule has 0 spiro atoms. The minimum Gasteiger partial charge on any atom is -0.444 e. The smallest absolute Gasteiger partial charge is 0.291 e. The maximum absolute atomic E-state index is 11.9. The number of rotatable bonds is 5. The maximum atomic E-state index is 11.9. The van der Waals surface area contributed by atoms with Crippen LogP contribution in [0.15, 0.2) is 68.8 Å². The fraction of sp³-hybridized carbons (Fsp3) is 0.0667. The van der Waals surface area contributed by atoms with Gasteiger partial charge < -0.3 is 9.73 Å². The molecule has 22 heavy (non-hydrogen) atoms. The minimum atomic E-state index is -0.305. The van der Waals surface area contributed by atoms with Crippen molar-refractivity contribution in [2.75, 3.05) is 5.32 Å². The van der Waals surface area contributed by atoms with Crippen molar-refractivity contribution in [1.29, 1.82) is 0 Å². The number of thioether (sulfide) groups is 1. The van der Waals surface area contributed by atoms with Gasteiger partial charge in [-0.2, -0.15) is 5.10 Å². The van der Waals surface area contributed by atoms with Crippen LogP contribution >= 0.6 is 27.7 Å². The molecule has 5 nitrogen and oxygen atoms in total. The summed E-state index contributed by atoms with van der Waals surface area (Å²) in [6.07, 6.45) is 3.40. The third-order valence-electron chi connectivity index (χ3n) is 2.79. The molecule has 0 atom stereocenters. The van der Waals surface area contributed by atoms with E-state index in [2.05, 4.69) is 26.3 Å². The second kappa shape index (κ2) is 6.85. The van der Waals surface area contributed by atoms with Crippen molar-refractivity contribution in [3.8, 4) is 0 Å². The Hall–Kier alpha value is -1.99. The fourth-order valence-corrected chi connectivity index (χ4v) is 2.86. The second-order valence-electron chi connectivity index (χ2n) is 4.41. The number of benzene rings is 1. The van der Waals surface area contributed by atoms with Crippen molar-refractivity contribution in [2.24, 2.45) is 0 Å². The first kappa shape index (κ1) is 14.9. The predicted molar refractivity (Wildman–Crippen MR) is 88.9 cm³/mol. The Kier molecular flexibility index (Phi) is 4.65. The summed E-state index contributed by atoms with van der Waals surface area (Å²) in [5.41, 5.74) is 0.631. The lowest BCUT2D eigenvalue weighted by Gasteiger charge is -2.01. The van der Waals surface area contributed by atoms with Gasteiger partial charge in [0.05, 0.1) is 17.8 Å². The van der Waals surface area contributed by atoms with E-state index in [0.29, 0.717) is 16.2 Å². The molecule has 0 bridgehead atoms. The standard InChI is InChI=1S/C15H12BrN3O2S/c16-14-7-6-13(21-14)15(20)18-11-8-17-19(9-11)10-22-12-4-2-1-3-5-12/h1-9H,10H2,(H,18,20). The molecule has 7 heteroatoms. The van der Waals surface area contributed by atoms with E-state index in [1.807, 2.05) is 30.3 Å². The van der Waals surface area contributed by atoms with E-state index in [1.165, 1.54) is 4.90 Å². The van der Waals surface area contributed by atoms with E-state index < -0.39 is 0 Å². The summed E-state index contributed by atoms with van der Waals surface area (Å²) in [6.45, 7) is 0. The zero-order chi connectivity index (χ0) is 15.4. The van der Waals surface area contributed by atoms with Crippen LogP contribution in [0.4, 0.5) is 5.69 Å². The van der Waals surface area contributed by atoms with Gasteiger partial charge in [0, 0.05) is 11.1 Å². The molecule has 2 heterocycles. The normalized spacial score (nSPS) is 10.6. The lowest BCUT2D eigenvalue weighted by molar-refractivity contribution is 0.0995. The Morgan fingerprint density at radius 1 is 1.27 bits per heavy atom. The van der Waals surface area contributed by atoms with E-state index in [0.717, 1.165) is 0 Å². The Labute approximate surface area is 139 Å². The number of carbonyl (C=O) groups is 1. The van der Waals surface area contributed by atoms with Gasteiger partial charge in [-0.3, -0.25) is 9.48 Å². The highest BCUT2D eigenvalue weighted by atomic mass is 79.9. The summed E-state index contributed by atoms with van der Waals surface area (Å²) in [5.74, 6) is 0.617. The number of carbonyl (C=O) groups excluding carboxylic acids is 1. The van der Waals surface area contributed by atoms with Crippen LogP contribution in [0.3, 0.4) is 0 Å². The number of aromatic nitrogens is 2. The molecule has 3 aromatic rings. The Morgan fingerprint density at radius 2 is 2.09 bits per heavy atom. The molecule has 1 N–H and O–H groups in total. The number of hydrogen-bond donors (Lipinski definition) is 1. The van der Waals surface area contributed by atoms with Gasteiger partial charge >= 0.3 is 0 Å². The van der Waals surface area contributed by atoms with Crippen LogP contribution in [0.2, 0.25) is 0 Å². The van der Waals surface area contributed by atoms with Crippen molar-refractivity contribution in [2.45, 2.75) is 10.8 Å².